The van der Waals surface area contributed by atoms with E-state index < -0.39 is 0 Å². The highest BCUT2D eigenvalue weighted by Crippen LogP contribution is 2.08. The molecule has 0 aliphatic heterocycles. The third kappa shape index (κ3) is 2.51. The lowest BCUT2D eigenvalue weighted by Gasteiger charge is -2.00. The van der Waals surface area contributed by atoms with Gasteiger partial charge in [-0.15, -0.1) is 0 Å². The monoisotopic (exact) mass is 164 g/mol. The summed E-state index contributed by atoms with van der Waals surface area (Å²) in [4.78, 5) is 0. The summed E-state index contributed by atoms with van der Waals surface area (Å²) in [7, 11) is 0. The number of hydrogen-bond donors (Lipinski definition) is 0. The Labute approximate surface area is 71.3 Å². The van der Waals surface area contributed by atoms with Crippen LogP contribution in [0.5, 0.6) is 5.75 Å². The van der Waals surface area contributed by atoms with Crippen LogP contribution in [0.2, 0.25) is 0 Å². The molecule has 0 fully saturated rings. The highest BCUT2D eigenvalue weighted by Gasteiger charge is 1.91. The molecule has 0 radical (unpaired) electrons. The van der Waals surface area contributed by atoms with Gasteiger partial charge in [0.15, 0.2) is 5.05 Å². The van der Waals surface area contributed by atoms with Crippen molar-refractivity contribution < 1.29 is 4.74 Å². The van der Waals surface area contributed by atoms with Crippen molar-refractivity contribution in [2.45, 2.75) is 0 Å². The first-order valence-corrected chi connectivity index (χ1v) is 3.63. The van der Waals surface area contributed by atoms with Crippen LogP contribution in [0.15, 0.2) is 43.0 Å². The summed E-state index contributed by atoms with van der Waals surface area (Å²) in [6.07, 6.45) is 1.50. The van der Waals surface area contributed by atoms with Crippen molar-refractivity contribution in [3.05, 3.63) is 43.0 Å². The Bertz CT molecular complexity index is 254. The van der Waals surface area contributed by atoms with Crippen LogP contribution < -0.4 is 4.74 Å². The van der Waals surface area contributed by atoms with Crippen molar-refractivity contribution in [3.8, 4) is 5.75 Å². The van der Waals surface area contributed by atoms with E-state index in [4.69, 9.17) is 17.0 Å². The summed E-state index contributed by atoms with van der Waals surface area (Å²) in [5, 5.41) is 0.399. The van der Waals surface area contributed by atoms with Crippen LogP contribution in [-0.2, 0) is 0 Å². The molecule has 11 heavy (non-hydrogen) atoms. The molecule has 0 aliphatic rings. The molecule has 0 spiro atoms. The van der Waals surface area contributed by atoms with Crippen molar-refractivity contribution >= 4 is 17.3 Å². The zero-order chi connectivity index (χ0) is 8.10. The first kappa shape index (κ1) is 7.95. The topological polar surface area (TPSA) is 9.23 Å². The molecular formula is C9H8OS. The molecular weight excluding hydrogens is 156 g/mol. The molecule has 0 N–H and O–H groups in total. The number of ether oxygens (including phenoxy) is 1. The van der Waals surface area contributed by atoms with Gasteiger partial charge in [-0.3, -0.25) is 0 Å². The van der Waals surface area contributed by atoms with Gasteiger partial charge in [0, 0.05) is 0 Å². The first-order chi connectivity index (χ1) is 5.33. The van der Waals surface area contributed by atoms with Crippen LogP contribution in [-0.4, -0.2) is 5.05 Å². The third-order valence-corrected chi connectivity index (χ3v) is 1.38. The van der Waals surface area contributed by atoms with Gasteiger partial charge in [0.25, 0.3) is 0 Å². The summed E-state index contributed by atoms with van der Waals surface area (Å²) < 4.78 is 5.18. The Morgan fingerprint density at radius 2 is 2.00 bits per heavy atom. The molecule has 1 aromatic rings. The molecule has 1 rings (SSSR count). The van der Waals surface area contributed by atoms with Gasteiger partial charge in [-0.2, -0.15) is 0 Å². The highest BCUT2D eigenvalue weighted by molar-refractivity contribution is 7.80. The van der Waals surface area contributed by atoms with Gasteiger partial charge in [-0.05, 0) is 30.4 Å². The molecule has 0 saturated carbocycles. The molecule has 1 aromatic carbocycles. The summed E-state index contributed by atoms with van der Waals surface area (Å²) in [6.45, 7) is 3.49. The van der Waals surface area contributed by atoms with Crippen molar-refractivity contribution in [1.82, 2.24) is 0 Å². The minimum Gasteiger partial charge on any atom is -0.446 e. The van der Waals surface area contributed by atoms with Gasteiger partial charge in [0.05, 0.1) is 0 Å². The molecule has 0 amide bonds. The van der Waals surface area contributed by atoms with Gasteiger partial charge in [0.2, 0.25) is 0 Å². The number of benzene rings is 1. The molecule has 0 saturated heterocycles. The van der Waals surface area contributed by atoms with Crippen LogP contribution in [0.25, 0.3) is 0 Å². The first-order valence-electron chi connectivity index (χ1n) is 3.22. The number of rotatable bonds is 2. The predicted molar refractivity (Wildman–Crippen MR) is 49.9 cm³/mol. The fourth-order valence-electron chi connectivity index (χ4n) is 0.646. The predicted octanol–water partition coefficient (Wildman–Crippen LogP) is 2.58. The van der Waals surface area contributed by atoms with Crippen molar-refractivity contribution in [3.63, 3.8) is 0 Å². The Morgan fingerprint density at radius 3 is 2.55 bits per heavy atom. The fourth-order valence-corrected chi connectivity index (χ4v) is 0.743. The second kappa shape index (κ2) is 3.88. The normalized spacial score (nSPS) is 8.73. The number of para-hydroxylation sites is 1. The largest absolute Gasteiger partial charge is 0.446 e. The van der Waals surface area contributed by atoms with Crippen LogP contribution in [0, 0.1) is 0 Å². The summed E-state index contributed by atoms with van der Waals surface area (Å²) >= 11 is 4.80. The van der Waals surface area contributed by atoms with Crippen molar-refractivity contribution in [1.29, 1.82) is 0 Å². The van der Waals surface area contributed by atoms with E-state index in [-0.39, 0.29) is 0 Å². The van der Waals surface area contributed by atoms with E-state index in [2.05, 4.69) is 6.58 Å². The molecule has 0 atom stereocenters. The van der Waals surface area contributed by atoms with Crippen LogP contribution in [0.3, 0.4) is 0 Å². The SMILES string of the molecule is C=CC(=S)Oc1ccccc1. The molecule has 0 aliphatic carbocycles. The highest BCUT2D eigenvalue weighted by atomic mass is 32.1. The molecule has 0 bridgehead atoms. The van der Waals surface area contributed by atoms with Crippen molar-refractivity contribution in [2.24, 2.45) is 0 Å². The van der Waals surface area contributed by atoms with E-state index in [0.29, 0.717) is 5.05 Å². The minimum absolute atomic E-state index is 0.399. The van der Waals surface area contributed by atoms with E-state index in [1.807, 2.05) is 30.3 Å². The third-order valence-electron chi connectivity index (χ3n) is 1.13. The number of thiocarbonyl (C=S) groups is 1. The fraction of sp³-hybridized carbons (Fsp3) is 0. The standard InChI is InChI=1S/C9H8OS/c1-2-9(11)10-8-6-4-3-5-7-8/h2-7H,1H2. The van der Waals surface area contributed by atoms with Crippen LogP contribution in [0.4, 0.5) is 0 Å². The zero-order valence-electron chi connectivity index (χ0n) is 5.99. The summed E-state index contributed by atoms with van der Waals surface area (Å²) in [5.74, 6) is 0.748. The Hall–Kier alpha value is -1.15. The molecule has 0 aromatic heterocycles. The van der Waals surface area contributed by atoms with Gasteiger partial charge in [0.1, 0.15) is 5.75 Å². The van der Waals surface area contributed by atoms with Crippen LogP contribution in [0.1, 0.15) is 0 Å². The second-order valence-electron chi connectivity index (χ2n) is 1.94. The average Bonchev–Trinajstić information content (AvgIpc) is 2.06. The lowest BCUT2D eigenvalue weighted by Crippen LogP contribution is -1.99. The molecule has 1 nitrogen and oxygen atoms in total. The molecule has 0 unspecified atom stereocenters. The van der Waals surface area contributed by atoms with E-state index in [1.54, 1.807) is 0 Å². The maximum atomic E-state index is 5.18. The maximum absolute atomic E-state index is 5.18. The number of hydrogen-bond acceptors (Lipinski definition) is 2. The van der Waals surface area contributed by atoms with Crippen molar-refractivity contribution in [2.75, 3.05) is 0 Å². The van der Waals surface area contributed by atoms with E-state index in [0.717, 1.165) is 5.75 Å². The van der Waals surface area contributed by atoms with E-state index >= 15 is 0 Å². The smallest absolute Gasteiger partial charge is 0.190 e. The van der Waals surface area contributed by atoms with E-state index in [9.17, 15) is 0 Å². The quantitative estimate of drug-likeness (QED) is 0.491. The summed E-state index contributed by atoms with van der Waals surface area (Å²) in [5.41, 5.74) is 0. The van der Waals surface area contributed by atoms with Gasteiger partial charge >= 0.3 is 0 Å². The molecule has 56 valence electrons. The van der Waals surface area contributed by atoms with Gasteiger partial charge in [-0.1, -0.05) is 24.8 Å². The average molecular weight is 164 g/mol. The lowest BCUT2D eigenvalue weighted by molar-refractivity contribution is 0.569. The van der Waals surface area contributed by atoms with Crippen LogP contribution >= 0.6 is 12.2 Å². The Balaban J connectivity index is 2.65. The maximum Gasteiger partial charge on any atom is 0.190 e. The lowest BCUT2D eigenvalue weighted by atomic mass is 10.3. The molecule has 0 heterocycles. The molecule has 2 heteroatoms. The minimum atomic E-state index is 0.399. The summed E-state index contributed by atoms with van der Waals surface area (Å²) in [6, 6.07) is 9.39. The second-order valence-corrected chi connectivity index (χ2v) is 2.34. The van der Waals surface area contributed by atoms with E-state index in [1.165, 1.54) is 6.08 Å². The zero-order valence-corrected chi connectivity index (χ0v) is 6.80. The Morgan fingerprint density at radius 1 is 1.36 bits per heavy atom. The van der Waals surface area contributed by atoms with Gasteiger partial charge < -0.3 is 4.74 Å². The Kier molecular flexibility index (Phi) is 2.81. The van der Waals surface area contributed by atoms with Gasteiger partial charge in [-0.25, -0.2) is 0 Å².